The number of Topliss-reactive ketones (excluding diaryl/α,β-unsaturated/α-hetero) is 1. The summed E-state index contributed by atoms with van der Waals surface area (Å²) in [6.45, 7) is 4.03. The van der Waals surface area contributed by atoms with Gasteiger partial charge in [-0.3, -0.25) is 9.59 Å². The van der Waals surface area contributed by atoms with E-state index < -0.39 is 31.0 Å². The average Bonchev–Trinajstić information content (AvgIpc) is 2.82. The molecule has 1 amide bonds. The van der Waals surface area contributed by atoms with Crippen molar-refractivity contribution in [2.45, 2.75) is 39.8 Å². The zero-order chi connectivity index (χ0) is 19.4. The molecule has 1 N–H and O–H groups in total. The number of halogens is 3. The molecule has 0 saturated carbocycles. The number of alkyl halides is 3. The highest BCUT2D eigenvalue weighted by molar-refractivity contribution is 6.01. The van der Waals surface area contributed by atoms with Gasteiger partial charge in [0.2, 0.25) is 5.91 Å². The third-order valence-corrected chi connectivity index (χ3v) is 3.80. The summed E-state index contributed by atoms with van der Waals surface area (Å²) in [5, 5.41) is 0. The molecular formula is C16H21F3N2O4. The second kappa shape index (κ2) is 8.17. The number of likely N-dealkylation sites (N-methyl/N-ethyl adjacent to an activating group) is 1. The van der Waals surface area contributed by atoms with Gasteiger partial charge in [-0.25, -0.2) is 4.79 Å². The van der Waals surface area contributed by atoms with Gasteiger partial charge >= 0.3 is 12.1 Å². The van der Waals surface area contributed by atoms with E-state index in [1.165, 1.54) is 13.8 Å². The highest BCUT2D eigenvalue weighted by atomic mass is 19.4. The Hall–Kier alpha value is -2.32. The molecule has 0 bridgehead atoms. The number of hydrogen-bond acceptors (Lipinski definition) is 4. The minimum atomic E-state index is -4.37. The summed E-state index contributed by atoms with van der Waals surface area (Å²) < 4.78 is 41.7. The number of rotatable bonds is 7. The molecule has 0 spiro atoms. The zero-order valence-corrected chi connectivity index (χ0v) is 14.5. The molecule has 25 heavy (non-hydrogen) atoms. The number of amides is 1. The van der Waals surface area contributed by atoms with Crippen LogP contribution in [0.1, 0.15) is 52.4 Å². The van der Waals surface area contributed by atoms with Gasteiger partial charge in [0.15, 0.2) is 5.78 Å². The van der Waals surface area contributed by atoms with E-state index in [1.54, 1.807) is 6.92 Å². The number of ether oxygens (including phenoxy) is 1. The number of carbonyl (C=O) groups excluding carboxylic acids is 3. The summed E-state index contributed by atoms with van der Waals surface area (Å²) in [5.41, 5.74) is 0.736. The minimum Gasteiger partial charge on any atom is -0.465 e. The van der Waals surface area contributed by atoms with Crippen molar-refractivity contribution in [3.05, 3.63) is 22.5 Å². The molecule has 1 heterocycles. The van der Waals surface area contributed by atoms with E-state index in [0.29, 0.717) is 5.56 Å². The van der Waals surface area contributed by atoms with Crippen molar-refractivity contribution >= 4 is 17.7 Å². The van der Waals surface area contributed by atoms with Gasteiger partial charge < -0.3 is 14.6 Å². The number of aromatic amines is 1. The smallest absolute Gasteiger partial charge is 0.390 e. The molecule has 0 aliphatic carbocycles. The lowest BCUT2D eigenvalue weighted by atomic mass is 10.1. The van der Waals surface area contributed by atoms with Crippen LogP contribution in [0.2, 0.25) is 0 Å². The maximum atomic E-state index is 12.4. The summed E-state index contributed by atoms with van der Waals surface area (Å²) in [6, 6.07) is 0. The number of hydrogen-bond donors (Lipinski definition) is 1. The molecule has 0 atom stereocenters. The van der Waals surface area contributed by atoms with Crippen molar-refractivity contribution < 1.29 is 32.3 Å². The summed E-state index contributed by atoms with van der Waals surface area (Å²) >= 11 is 0. The standard InChI is InChI=1S/C16H21F3N2O4/c1-5-21(7-6-16(17,18)19)12(23)8-11-13(15(24)25-4)9(2)14(20-11)10(3)22/h20H,5-8H2,1-4H3. The van der Waals surface area contributed by atoms with Gasteiger partial charge in [0.05, 0.1) is 31.2 Å². The Labute approximate surface area is 143 Å². The van der Waals surface area contributed by atoms with Crippen LogP contribution in [0.5, 0.6) is 0 Å². The highest BCUT2D eigenvalue weighted by Gasteiger charge is 2.30. The fourth-order valence-corrected chi connectivity index (χ4v) is 2.51. The molecule has 0 unspecified atom stereocenters. The van der Waals surface area contributed by atoms with Gasteiger partial charge in [0.25, 0.3) is 0 Å². The predicted molar refractivity (Wildman–Crippen MR) is 83.5 cm³/mol. The lowest BCUT2D eigenvalue weighted by molar-refractivity contribution is -0.144. The summed E-state index contributed by atoms with van der Waals surface area (Å²) in [5.74, 6) is -1.62. The van der Waals surface area contributed by atoms with Crippen molar-refractivity contribution in [2.24, 2.45) is 0 Å². The van der Waals surface area contributed by atoms with Crippen LogP contribution in [0.25, 0.3) is 0 Å². The van der Waals surface area contributed by atoms with Crippen LogP contribution in [0.15, 0.2) is 0 Å². The van der Waals surface area contributed by atoms with Gasteiger partial charge in [-0.05, 0) is 19.4 Å². The molecule has 1 aromatic heterocycles. The maximum Gasteiger partial charge on any atom is 0.390 e. The monoisotopic (exact) mass is 362 g/mol. The molecule has 6 nitrogen and oxygen atoms in total. The fourth-order valence-electron chi connectivity index (χ4n) is 2.51. The lowest BCUT2D eigenvalue weighted by Crippen LogP contribution is -2.35. The Kier molecular flexibility index (Phi) is 6.78. The van der Waals surface area contributed by atoms with E-state index in [0.717, 1.165) is 12.0 Å². The quantitative estimate of drug-likeness (QED) is 0.597. The average molecular weight is 362 g/mol. The first-order valence-electron chi connectivity index (χ1n) is 7.67. The number of aromatic nitrogens is 1. The van der Waals surface area contributed by atoms with Crippen molar-refractivity contribution in [1.82, 2.24) is 9.88 Å². The van der Waals surface area contributed by atoms with Crippen LogP contribution in [0.4, 0.5) is 13.2 Å². The molecule has 0 saturated heterocycles. The van der Waals surface area contributed by atoms with Crippen LogP contribution >= 0.6 is 0 Å². The fraction of sp³-hybridized carbons (Fsp3) is 0.562. The molecule has 140 valence electrons. The van der Waals surface area contributed by atoms with Crippen molar-refractivity contribution in [3.63, 3.8) is 0 Å². The van der Waals surface area contributed by atoms with Gasteiger partial charge in [-0.2, -0.15) is 13.2 Å². The van der Waals surface area contributed by atoms with Gasteiger partial charge in [-0.1, -0.05) is 0 Å². The summed E-state index contributed by atoms with van der Waals surface area (Å²) in [6.07, 6.45) is -5.81. The molecule has 9 heteroatoms. The van der Waals surface area contributed by atoms with Crippen LogP contribution in [0.3, 0.4) is 0 Å². The molecule has 0 aliphatic heterocycles. The Morgan fingerprint density at radius 2 is 1.84 bits per heavy atom. The van der Waals surface area contributed by atoms with Crippen molar-refractivity contribution in [3.8, 4) is 0 Å². The molecule has 1 aromatic rings. The van der Waals surface area contributed by atoms with Gasteiger partial charge in [0, 0.05) is 25.7 Å². The van der Waals surface area contributed by atoms with Gasteiger partial charge in [-0.15, -0.1) is 0 Å². The number of esters is 1. The summed E-state index contributed by atoms with van der Waals surface area (Å²) in [7, 11) is 1.16. The summed E-state index contributed by atoms with van der Waals surface area (Å²) in [4.78, 5) is 39.7. The Morgan fingerprint density at radius 1 is 1.24 bits per heavy atom. The highest BCUT2D eigenvalue weighted by Crippen LogP contribution is 2.22. The Balaban J connectivity index is 3.07. The minimum absolute atomic E-state index is 0.0629. The first kappa shape index (κ1) is 20.7. The van der Waals surface area contributed by atoms with E-state index in [-0.39, 0.29) is 35.7 Å². The normalized spacial score (nSPS) is 11.3. The van der Waals surface area contributed by atoms with Crippen LogP contribution < -0.4 is 0 Å². The van der Waals surface area contributed by atoms with Crippen LogP contribution in [-0.4, -0.2) is 53.9 Å². The van der Waals surface area contributed by atoms with E-state index in [9.17, 15) is 27.6 Å². The number of nitrogens with zero attached hydrogens (tertiary/aromatic N) is 1. The Bertz CT molecular complexity index is 665. The molecular weight excluding hydrogens is 341 g/mol. The van der Waals surface area contributed by atoms with E-state index >= 15 is 0 Å². The second-order valence-corrected chi connectivity index (χ2v) is 5.54. The number of nitrogens with one attached hydrogen (secondary N) is 1. The molecule has 0 radical (unpaired) electrons. The van der Waals surface area contributed by atoms with Crippen LogP contribution in [0, 0.1) is 6.92 Å². The second-order valence-electron chi connectivity index (χ2n) is 5.54. The van der Waals surface area contributed by atoms with E-state index in [1.807, 2.05) is 0 Å². The first-order valence-corrected chi connectivity index (χ1v) is 7.67. The largest absolute Gasteiger partial charge is 0.465 e. The zero-order valence-electron chi connectivity index (χ0n) is 14.5. The Morgan fingerprint density at radius 3 is 2.28 bits per heavy atom. The van der Waals surface area contributed by atoms with E-state index in [4.69, 9.17) is 0 Å². The lowest BCUT2D eigenvalue weighted by Gasteiger charge is -2.21. The van der Waals surface area contributed by atoms with Crippen molar-refractivity contribution in [2.75, 3.05) is 20.2 Å². The maximum absolute atomic E-state index is 12.4. The third-order valence-electron chi connectivity index (χ3n) is 3.80. The third kappa shape index (κ3) is 5.33. The number of H-pyrrole nitrogens is 1. The molecule has 0 aliphatic rings. The predicted octanol–water partition coefficient (Wildman–Crippen LogP) is 2.66. The van der Waals surface area contributed by atoms with Gasteiger partial charge in [0.1, 0.15) is 0 Å². The first-order chi connectivity index (χ1) is 11.5. The van der Waals surface area contributed by atoms with E-state index in [2.05, 4.69) is 9.72 Å². The molecule has 0 fully saturated rings. The van der Waals surface area contributed by atoms with Crippen LogP contribution in [-0.2, 0) is 16.0 Å². The topological polar surface area (TPSA) is 79.5 Å². The SMILES string of the molecule is CCN(CCC(F)(F)F)C(=O)Cc1[nH]c(C(C)=O)c(C)c1C(=O)OC. The number of methoxy groups -OCH3 is 1. The van der Waals surface area contributed by atoms with Crippen molar-refractivity contribution in [1.29, 1.82) is 0 Å². The number of ketones is 1. The molecule has 1 rings (SSSR count). The number of carbonyl (C=O) groups is 3. The molecule has 0 aromatic carbocycles.